The summed E-state index contributed by atoms with van der Waals surface area (Å²) in [6, 6.07) is 6.03. The first-order chi connectivity index (χ1) is 9.50. The van der Waals surface area contributed by atoms with Gasteiger partial charge in [0.05, 0.1) is 5.56 Å². The van der Waals surface area contributed by atoms with E-state index in [1.165, 1.54) is 12.1 Å². The molecule has 0 radical (unpaired) electrons. The average Bonchev–Trinajstić information content (AvgIpc) is 2.91. The summed E-state index contributed by atoms with van der Waals surface area (Å²) < 4.78 is 37.6. The van der Waals surface area contributed by atoms with Gasteiger partial charge in [0.15, 0.2) is 0 Å². The number of rotatable bonds is 5. The van der Waals surface area contributed by atoms with Crippen molar-refractivity contribution in [3.63, 3.8) is 0 Å². The normalized spacial score (nSPS) is 19.8. The van der Waals surface area contributed by atoms with Gasteiger partial charge in [0.1, 0.15) is 0 Å². The van der Waals surface area contributed by atoms with Crippen molar-refractivity contribution in [1.29, 1.82) is 0 Å². The quantitative estimate of drug-likeness (QED) is 0.893. The minimum absolute atomic E-state index is 0.497. The molecule has 1 N–H and O–H groups in total. The van der Waals surface area contributed by atoms with E-state index in [0.717, 1.165) is 44.6 Å². The Labute approximate surface area is 118 Å². The van der Waals surface area contributed by atoms with E-state index >= 15 is 0 Å². The van der Waals surface area contributed by atoms with Crippen molar-refractivity contribution in [2.24, 2.45) is 0 Å². The molecule has 1 aromatic carbocycles. The lowest BCUT2D eigenvalue weighted by Gasteiger charge is -2.28. The molecule has 0 amide bonds. The highest BCUT2D eigenvalue weighted by atomic mass is 19.4. The smallest absolute Gasteiger partial charge is 0.315 e. The number of hydrogen-bond acceptors (Lipinski definition) is 2. The van der Waals surface area contributed by atoms with Gasteiger partial charge >= 0.3 is 6.18 Å². The van der Waals surface area contributed by atoms with Gasteiger partial charge in [0.25, 0.3) is 0 Å². The van der Waals surface area contributed by atoms with Crippen LogP contribution in [0.4, 0.5) is 13.2 Å². The molecule has 0 saturated carbocycles. The molecule has 1 unspecified atom stereocenters. The number of hydrogen-bond donors (Lipinski definition) is 1. The average molecular weight is 286 g/mol. The highest BCUT2D eigenvalue weighted by molar-refractivity contribution is 5.24. The van der Waals surface area contributed by atoms with Crippen LogP contribution < -0.4 is 5.32 Å². The molecule has 1 saturated heterocycles. The Morgan fingerprint density at radius 1 is 1.25 bits per heavy atom. The standard InChI is InChI=1S/C15H21F3N2/c1-2-9-20(14-7-8-19-10-14)11-12-3-5-13(6-4-12)15(16,17)18/h3-6,14,19H,2,7-11H2,1H3. The second-order valence-electron chi connectivity index (χ2n) is 5.31. The summed E-state index contributed by atoms with van der Waals surface area (Å²) in [5.74, 6) is 0. The molecule has 1 aliphatic heterocycles. The lowest BCUT2D eigenvalue weighted by atomic mass is 10.1. The fourth-order valence-electron chi connectivity index (χ4n) is 2.66. The molecule has 1 atom stereocenters. The minimum Gasteiger partial charge on any atom is -0.315 e. The Hall–Kier alpha value is -1.07. The molecule has 2 nitrogen and oxygen atoms in total. The van der Waals surface area contributed by atoms with E-state index in [0.29, 0.717) is 6.04 Å². The molecular weight excluding hydrogens is 265 g/mol. The lowest BCUT2D eigenvalue weighted by molar-refractivity contribution is -0.137. The maximum atomic E-state index is 12.5. The molecule has 5 heteroatoms. The van der Waals surface area contributed by atoms with Crippen molar-refractivity contribution < 1.29 is 13.2 Å². The van der Waals surface area contributed by atoms with Gasteiger partial charge in [0, 0.05) is 19.1 Å². The Morgan fingerprint density at radius 3 is 2.45 bits per heavy atom. The molecule has 1 heterocycles. The highest BCUT2D eigenvalue weighted by Gasteiger charge is 2.30. The van der Waals surface area contributed by atoms with Gasteiger partial charge in [-0.2, -0.15) is 13.2 Å². The summed E-state index contributed by atoms with van der Waals surface area (Å²) in [4.78, 5) is 2.36. The van der Waals surface area contributed by atoms with E-state index < -0.39 is 11.7 Å². The lowest BCUT2D eigenvalue weighted by Crippen LogP contribution is -2.36. The zero-order valence-electron chi connectivity index (χ0n) is 11.7. The van der Waals surface area contributed by atoms with Crippen molar-refractivity contribution >= 4 is 0 Å². The molecule has 112 valence electrons. The first-order valence-electron chi connectivity index (χ1n) is 7.11. The number of nitrogens with one attached hydrogen (secondary N) is 1. The largest absolute Gasteiger partial charge is 0.416 e. The van der Waals surface area contributed by atoms with E-state index in [9.17, 15) is 13.2 Å². The summed E-state index contributed by atoms with van der Waals surface area (Å²) in [7, 11) is 0. The topological polar surface area (TPSA) is 15.3 Å². The van der Waals surface area contributed by atoms with E-state index in [4.69, 9.17) is 0 Å². The number of benzene rings is 1. The third-order valence-electron chi connectivity index (χ3n) is 3.73. The molecule has 2 rings (SSSR count). The van der Waals surface area contributed by atoms with Crippen LogP contribution in [-0.4, -0.2) is 30.6 Å². The van der Waals surface area contributed by atoms with Gasteiger partial charge in [-0.25, -0.2) is 0 Å². The van der Waals surface area contributed by atoms with Crippen molar-refractivity contribution in [2.75, 3.05) is 19.6 Å². The number of halogens is 3. The van der Waals surface area contributed by atoms with Crippen molar-refractivity contribution in [2.45, 2.75) is 38.5 Å². The van der Waals surface area contributed by atoms with Crippen LogP contribution in [0.3, 0.4) is 0 Å². The molecule has 0 aromatic heterocycles. The van der Waals surface area contributed by atoms with Crippen molar-refractivity contribution in [1.82, 2.24) is 10.2 Å². The van der Waals surface area contributed by atoms with Crippen LogP contribution in [0.2, 0.25) is 0 Å². The fourth-order valence-corrected chi connectivity index (χ4v) is 2.66. The van der Waals surface area contributed by atoms with E-state index in [1.54, 1.807) is 12.1 Å². The Kier molecular flexibility index (Phi) is 5.05. The zero-order valence-corrected chi connectivity index (χ0v) is 11.7. The highest BCUT2D eigenvalue weighted by Crippen LogP contribution is 2.29. The Morgan fingerprint density at radius 2 is 1.95 bits per heavy atom. The molecule has 20 heavy (non-hydrogen) atoms. The SMILES string of the molecule is CCCN(Cc1ccc(C(F)(F)F)cc1)C1CCNC1. The Bertz CT molecular complexity index is 408. The second kappa shape index (κ2) is 6.59. The molecule has 0 spiro atoms. The van der Waals surface area contributed by atoms with E-state index in [2.05, 4.69) is 17.1 Å². The van der Waals surface area contributed by atoms with Gasteiger partial charge < -0.3 is 5.32 Å². The third kappa shape index (κ3) is 3.96. The van der Waals surface area contributed by atoms with Gasteiger partial charge in [-0.05, 0) is 43.6 Å². The summed E-state index contributed by atoms with van der Waals surface area (Å²) in [5, 5.41) is 3.34. The third-order valence-corrected chi connectivity index (χ3v) is 3.73. The van der Waals surface area contributed by atoms with Gasteiger partial charge in [-0.1, -0.05) is 19.1 Å². The van der Waals surface area contributed by atoms with Crippen LogP contribution in [0.1, 0.15) is 30.9 Å². The second-order valence-corrected chi connectivity index (χ2v) is 5.31. The predicted molar refractivity (Wildman–Crippen MR) is 73.4 cm³/mol. The van der Waals surface area contributed by atoms with Crippen molar-refractivity contribution in [3.05, 3.63) is 35.4 Å². The van der Waals surface area contributed by atoms with Crippen molar-refractivity contribution in [3.8, 4) is 0 Å². The van der Waals surface area contributed by atoms with Gasteiger partial charge in [0.2, 0.25) is 0 Å². The number of alkyl halides is 3. The van der Waals surface area contributed by atoms with Gasteiger partial charge in [-0.3, -0.25) is 4.90 Å². The molecule has 1 aliphatic rings. The maximum absolute atomic E-state index is 12.5. The first-order valence-corrected chi connectivity index (χ1v) is 7.11. The van der Waals surface area contributed by atoms with Crippen LogP contribution in [0.25, 0.3) is 0 Å². The van der Waals surface area contributed by atoms with Crippen LogP contribution in [0, 0.1) is 0 Å². The summed E-state index contributed by atoms with van der Waals surface area (Å²) in [5.41, 5.74) is 0.365. The molecule has 0 bridgehead atoms. The van der Waals surface area contributed by atoms with Crippen LogP contribution >= 0.6 is 0 Å². The Balaban J connectivity index is 2.02. The fraction of sp³-hybridized carbons (Fsp3) is 0.600. The summed E-state index contributed by atoms with van der Waals surface area (Å²) in [6.07, 6.45) is -2.09. The van der Waals surface area contributed by atoms with Crippen LogP contribution in [-0.2, 0) is 12.7 Å². The first kappa shape index (κ1) is 15.3. The van der Waals surface area contributed by atoms with Crippen LogP contribution in [0.15, 0.2) is 24.3 Å². The summed E-state index contributed by atoms with van der Waals surface area (Å²) >= 11 is 0. The maximum Gasteiger partial charge on any atom is 0.416 e. The van der Waals surface area contributed by atoms with Crippen LogP contribution in [0.5, 0.6) is 0 Å². The minimum atomic E-state index is -4.25. The monoisotopic (exact) mass is 286 g/mol. The number of nitrogens with zero attached hydrogens (tertiary/aromatic N) is 1. The summed E-state index contributed by atoms with van der Waals surface area (Å²) in [6.45, 7) is 5.83. The van der Waals surface area contributed by atoms with E-state index in [1.807, 2.05) is 0 Å². The zero-order chi connectivity index (χ0) is 14.6. The molecular formula is C15H21F3N2. The molecule has 1 fully saturated rings. The predicted octanol–water partition coefficient (Wildman–Crippen LogP) is 3.28. The van der Waals surface area contributed by atoms with Gasteiger partial charge in [-0.15, -0.1) is 0 Å². The molecule has 1 aromatic rings. The van der Waals surface area contributed by atoms with E-state index in [-0.39, 0.29) is 0 Å². The molecule has 0 aliphatic carbocycles.